The molecule has 2 aliphatic rings. The van der Waals surface area contributed by atoms with Gasteiger partial charge >= 0.3 is 6.18 Å². The highest BCUT2D eigenvalue weighted by molar-refractivity contribution is 7.17. The van der Waals surface area contributed by atoms with Crippen LogP contribution in [0, 0.1) is 0 Å². The van der Waals surface area contributed by atoms with E-state index in [1.807, 2.05) is 0 Å². The molecule has 0 saturated heterocycles. The van der Waals surface area contributed by atoms with Gasteiger partial charge in [-0.3, -0.25) is 9.59 Å². The van der Waals surface area contributed by atoms with E-state index in [1.165, 1.54) is 11.3 Å². The largest absolute Gasteiger partial charge is 0.455 e. The highest BCUT2D eigenvalue weighted by Gasteiger charge is 2.38. The number of alkyl halides is 3. The lowest BCUT2D eigenvalue weighted by atomic mass is 9.92. The van der Waals surface area contributed by atoms with Crippen molar-refractivity contribution in [3.8, 4) is 11.5 Å². The minimum Gasteiger partial charge on any atom is -0.334 e. The zero-order chi connectivity index (χ0) is 21.3. The van der Waals surface area contributed by atoms with E-state index in [0.29, 0.717) is 47.3 Å². The predicted molar refractivity (Wildman–Crippen MR) is 104 cm³/mol. The van der Waals surface area contributed by atoms with Gasteiger partial charge in [0, 0.05) is 16.0 Å². The lowest BCUT2D eigenvalue weighted by Gasteiger charge is -2.16. The van der Waals surface area contributed by atoms with E-state index in [2.05, 4.69) is 15.5 Å². The van der Waals surface area contributed by atoms with E-state index < -0.39 is 17.9 Å². The van der Waals surface area contributed by atoms with Gasteiger partial charge in [-0.15, -0.1) is 11.3 Å². The number of rotatable bonds is 4. The molecule has 0 unspecified atom stereocenters. The third-order valence-corrected chi connectivity index (χ3v) is 6.68. The molecule has 6 nitrogen and oxygen atoms in total. The topological polar surface area (TPSA) is 85.1 Å². The average Bonchev–Trinajstić information content (AvgIpc) is 3.26. The smallest absolute Gasteiger partial charge is 0.334 e. The number of aromatic nitrogens is 2. The number of fused-ring (bicyclic) bond motifs is 1. The summed E-state index contributed by atoms with van der Waals surface area (Å²) in [5.74, 6) is -1.99. The number of thiophene rings is 1. The molecule has 1 N–H and O–H groups in total. The van der Waals surface area contributed by atoms with Crippen molar-refractivity contribution in [3.05, 3.63) is 27.4 Å². The Bertz CT molecular complexity index is 1010. The Morgan fingerprint density at radius 1 is 1.07 bits per heavy atom. The number of allylic oxidation sites excluding steroid dienone is 1. The fourth-order valence-corrected chi connectivity index (χ4v) is 5.27. The first-order valence-electron chi connectivity index (χ1n) is 9.93. The van der Waals surface area contributed by atoms with Gasteiger partial charge in [-0.05, 0) is 56.9 Å². The molecule has 0 aromatic carbocycles. The average molecular weight is 439 g/mol. The SMILES string of the molecule is O=CC1=C(C(=O)Nc2sc3c(c2-c2nc(C(F)(F)F)no2)CCCCC3)CCCC1. The Hall–Kier alpha value is -2.49. The lowest BCUT2D eigenvalue weighted by Crippen LogP contribution is -2.18. The van der Waals surface area contributed by atoms with Gasteiger partial charge in [-0.1, -0.05) is 11.6 Å². The third-order valence-electron chi connectivity index (χ3n) is 5.47. The van der Waals surface area contributed by atoms with Crippen LogP contribution >= 0.6 is 11.3 Å². The van der Waals surface area contributed by atoms with Gasteiger partial charge in [0.2, 0.25) is 0 Å². The second-order valence-corrected chi connectivity index (χ2v) is 8.58. The van der Waals surface area contributed by atoms with Gasteiger partial charge in [-0.2, -0.15) is 18.2 Å². The fourth-order valence-electron chi connectivity index (χ4n) is 3.99. The summed E-state index contributed by atoms with van der Waals surface area (Å²) >= 11 is 1.34. The first-order valence-corrected chi connectivity index (χ1v) is 10.7. The van der Waals surface area contributed by atoms with Gasteiger partial charge < -0.3 is 9.84 Å². The molecule has 2 aromatic heterocycles. The standard InChI is InChI=1S/C20H20F3N3O3S/c21-20(22,23)19-25-17(29-26-19)15-13-8-2-1-3-9-14(13)30-18(15)24-16(28)12-7-5-4-6-11(12)10-27/h10H,1-9H2,(H,24,28). The van der Waals surface area contributed by atoms with Crippen LogP contribution in [0.4, 0.5) is 18.2 Å². The maximum Gasteiger partial charge on any atom is 0.455 e. The van der Waals surface area contributed by atoms with Crippen LogP contribution in [0.3, 0.4) is 0 Å². The maximum absolute atomic E-state index is 13.0. The van der Waals surface area contributed by atoms with Crippen LogP contribution in [0.25, 0.3) is 11.5 Å². The fraction of sp³-hybridized carbons (Fsp3) is 0.500. The van der Waals surface area contributed by atoms with Crippen LogP contribution in [0.5, 0.6) is 0 Å². The summed E-state index contributed by atoms with van der Waals surface area (Å²) < 4.78 is 43.9. The number of hydrogen-bond donors (Lipinski definition) is 1. The summed E-state index contributed by atoms with van der Waals surface area (Å²) in [6, 6.07) is 0. The van der Waals surface area contributed by atoms with Crippen LogP contribution in [-0.2, 0) is 28.6 Å². The minimum absolute atomic E-state index is 0.245. The molecule has 0 spiro atoms. The Balaban J connectivity index is 1.74. The first-order chi connectivity index (χ1) is 14.4. The normalized spacial score (nSPS) is 17.4. The van der Waals surface area contributed by atoms with E-state index >= 15 is 0 Å². The van der Waals surface area contributed by atoms with Crippen LogP contribution in [0.1, 0.15) is 61.2 Å². The molecule has 10 heteroatoms. The van der Waals surface area contributed by atoms with E-state index in [9.17, 15) is 22.8 Å². The van der Waals surface area contributed by atoms with Crippen LogP contribution < -0.4 is 5.32 Å². The molecular formula is C20H20F3N3O3S. The summed E-state index contributed by atoms with van der Waals surface area (Å²) in [5, 5.41) is 6.29. The number of aryl methyl sites for hydroxylation is 1. The van der Waals surface area contributed by atoms with Gasteiger partial charge in [0.05, 0.1) is 5.56 Å². The number of nitrogens with zero attached hydrogens (tertiary/aromatic N) is 2. The summed E-state index contributed by atoms with van der Waals surface area (Å²) in [5.41, 5.74) is 2.15. The summed E-state index contributed by atoms with van der Waals surface area (Å²) in [6.45, 7) is 0. The molecule has 1 amide bonds. The van der Waals surface area contributed by atoms with Gasteiger partial charge in [-0.25, -0.2) is 0 Å². The number of halogens is 3. The molecular weight excluding hydrogens is 419 g/mol. The number of hydrogen-bond acceptors (Lipinski definition) is 6. The monoisotopic (exact) mass is 439 g/mol. The second-order valence-electron chi connectivity index (χ2n) is 7.47. The Kier molecular flexibility index (Phi) is 5.77. The van der Waals surface area contributed by atoms with E-state index in [4.69, 9.17) is 4.52 Å². The van der Waals surface area contributed by atoms with Crippen molar-refractivity contribution in [2.75, 3.05) is 5.32 Å². The van der Waals surface area contributed by atoms with Gasteiger partial charge in [0.15, 0.2) is 0 Å². The molecule has 0 atom stereocenters. The number of anilines is 1. The van der Waals surface area contributed by atoms with Crippen molar-refractivity contribution in [2.45, 2.75) is 64.0 Å². The first kappa shape index (κ1) is 20.8. The van der Waals surface area contributed by atoms with Crippen molar-refractivity contribution in [1.29, 1.82) is 0 Å². The molecule has 2 aliphatic carbocycles. The summed E-state index contributed by atoms with van der Waals surface area (Å²) in [4.78, 5) is 28.8. The van der Waals surface area contributed by atoms with Gasteiger partial charge in [0.25, 0.3) is 17.6 Å². The highest BCUT2D eigenvalue weighted by atomic mass is 32.1. The number of carbonyl (C=O) groups excluding carboxylic acids is 2. The zero-order valence-electron chi connectivity index (χ0n) is 16.1. The molecule has 0 aliphatic heterocycles. The van der Waals surface area contributed by atoms with Crippen molar-refractivity contribution >= 4 is 28.5 Å². The lowest BCUT2D eigenvalue weighted by molar-refractivity contribution is -0.146. The van der Waals surface area contributed by atoms with E-state index in [0.717, 1.165) is 49.0 Å². The summed E-state index contributed by atoms with van der Waals surface area (Å²) in [6.07, 6.45) is 3.05. The highest BCUT2D eigenvalue weighted by Crippen LogP contribution is 2.44. The Labute approximate surface area is 174 Å². The maximum atomic E-state index is 13.0. The van der Waals surface area contributed by atoms with Crippen molar-refractivity contribution < 1.29 is 27.3 Å². The molecule has 0 bridgehead atoms. The molecule has 160 valence electrons. The Morgan fingerprint density at radius 2 is 1.80 bits per heavy atom. The molecule has 2 aromatic rings. The molecule has 0 fully saturated rings. The number of aldehydes is 1. The molecule has 0 radical (unpaired) electrons. The summed E-state index contributed by atoms with van der Waals surface area (Å²) in [7, 11) is 0. The quantitative estimate of drug-likeness (QED) is 0.530. The van der Waals surface area contributed by atoms with E-state index in [1.54, 1.807) is 0 Å². The second kappa shape index (κ2) is 8.33. The van der Waals surface area contributed by atoms with Crippen molar-refractivity contribution in [1.82, 2.24) is 10.1 Å². The third kappa shape index (κ3) is 4.05. The van der Waals surface area contributed by atoms with Crippen LogP contribution in [-0.4, -0.2) is 22.3 Å². The number of amides is 1. The predicted octanol–water partition coefficient (Wildman–Crippen LogP) is 5.09. The van der Waals surface area contributed by atoms with Crippen LogP contribution in [0.15, 0.2) is 15.7 Å². The molecule has 4 rings (SSSR count). The van der Waals surface area contributed by atoms with Crippen molar-refractivity contribution in [3.63, 3.8) is 0 Å². The molecule has 30 heavy (non-hydrogen) atoms. The minimum atomic E-state index is -4.72. The number of nitrogens with one attached hydrogen (secondary N) is 1. The van der Waals surface area contributed by atoms with Gasteiger partial charge in [0.1, 0.15) is 11.3 Å². The molecule has 0 saturated carbocycles. The van der Waals surface area contributed by atoms with E-state index in [-0.39, 0.29) is 5.89 Å². The number of carbonyl (C=O) groups is 2. The zero-order valence-corrected chi connectivity index (χ0v) is 16.9. The van der Waals surface area contributed by atoms with Crippen LogP contribution in [0.2, 0.25) is 0 Å². The molecule has 2 heterocycles. The Morgan fingerprint density at radius 3 is 2.53 bits per heavy atom. The van der Waals surface area contributed by atoms with Crippen molar-refractivity contribution in [2.24, 2.45) is 0 Å².